The molecule has 1 aliphatic rings. The molecule has 7 rings (SSSR count). The minimum Gasteiger partial charge on any atom is -0.456 e. The lowest BCUT2D eigenvalue weighted by Gasteiger charge is -2.08. The van der Waals surface area contributed by atoms with Crippen molar-refractivity contribution >= 4 is 32.7 Å². The summed E-state index contributed by atoms with van der Waals surface area (Å²) in [4.78, 5) is 0. The van der Waals surface area contributed by atoms with Gasteiger partial charge in [0.15, 0.2) is 0 Å². The van der Waals surface area contributed by atoms with Crippen LogP contribution in [0.3, 0.4) is 0 Å². The Balaban J connectivity index is 1.48. The molecule has 5 aromatic carbocycles. The van der Waals surface area contributed by atoms with E-state index in [0.717, 1.165) is 17.6 Å². The lowest BCUT2D eigenvalue weighted by atomic mass is 9.96. The van der Waals surface area contributed by atoms with Crippen molar-refractivity contribution in [1.29, 1.82) is 0 Å². The molecule has 0 saturated carbocycles. The molecular formula is C29H18O. The number of rotatable bonds is 1. The Labute approximate surface area is 174 Å². The molecule has 1 nitrogen and oxygen atoms in total. The third kappa shape index (κ3) is 2.18. The average molecular weight is 382 g/mol. The number of furan rings is 1. The molecule has 0 aliphatic heterocycles. The highest BCUT2D eigenvalue weighted by Crippen LogP contribution is 2.43. The van der Waals surface area contributed by atoms with Crippen LogP contribution in [0.5, 0.6) is 0 Å². The maximum absolute atomic E-state index is 6.11. The fourth-order valence-electron chi connectivity index (χ4n) is 5.03. The van der Waals surface area contributed by atoms with Gasteiger partial charge in [-0.2, -0.15) is 0 Å². The second kappa shape index (κ2) is 5.84. The molecule has 140 valence electrons. The maximum atomic E-state index is 6.11. The fraction of sp³-hybridized carbons (Fsp3) is 0.0345. The van der Waals surface area contributed by atoms with Gasteiger partial charge in [0.05, 0.1) is 0 Å². The number of hydrogen-bond donors (Lipinski definition) is 0. The maximum Gasteiger partial charge on any atom is 0.136 e. The van der Waals surface area contributed by atoms with E-state index < -0.39 is 0 Å². The first-order chi connectivity index (χ1) is 14.8. The lowest BCUT2D eigenvalue weighted by Crippen LogP contribution is -1.83. The van der Waals surface area contributed by atoms with Crippen LogP contribution in [0.15, 0.2) is 101 Å². The molecule has 0 saturated heterocycles. The summed E-state index contributed by atoms with van der Waals surface area (Å²) in [7, 11) is 0. The van der Waals surface area contributed by atoms with Crippen molar-refractivity contribution in [1.82, 2.24) is 0 Å². The summed E-state index contributed by atoms with van der Waals surface area (Å²) in [5, 5.41) is 4.98. The summed E-state index contributed by atoms with van der Waals surface area (Å²) >= 11 is 0. The van der Waals surface area contributed by atoms with Gasteiger partial charge in [0, 0.05) is 10.8 Å². The molecule has 1 heterocycles. The second-order valence-corrected chi connectivity index (χ2v) is 8.18. The lowest BCUT2D eigenvalue weighted by molar-refractivity contribution is 0.669. The van der Waals surface area contributed by atoms with Crippen LogP contribution in [0.1, 0.15) is 11.1 Å². The second-order valence-electron chi connectivity index (χ2n) is 8.18. The van der Waals surface area contributed by atoms with E-state index in [2.05, 4.69) is 91.0 Å². The van der Waals surface area contributed by atoms with Crippen molar-refractivity contribution < 1.29 is 4.42 Å². The van der Waals surface area contributed by atoms with E-state index in [1.165, 1.54) is 54.9 Å². The first-order valence-corrected chi connectivity index (χ1v) is 10.4. The Morgan fingerprint density at radius 1 is 0.533 bits per heavy atom. The predicted molar refractivity (Wildman–Crippen MR) is 125 cm³/mol. The van der Waals surface area contributed by atoms with Crippen molar-refractivity contribution in [3.63, 3.8) is 0 Å². The highest BCUT2D eigenvalue weighted by Gasteiger charge is 2.21. The Morgan fingerprint density at radius 2 is 1.37 bits per heavy atom. The van der Waals surface area contributed by atoms with Crippen molar-refractivity contribution in [2.45, 2.75) is 6.42 Å². The molecule has 0 fully saturated rings. The number of benzene rings is 5. The van der Waals surface area contributed by atoms with Gasteiger partial charge in [-0.25, -0.2) is 0 Å². The molecule has 6 aromatic rings. The first-order valence-electron chi connectivity index (χ1n) is 10.4. The van der Waals surface area contributed by atoms with Crippen LogP contribution in [-0.2, 0) is 6.42 Å². The Morgan fingerprint density at radius 3 is 2.30 bits per heavy atom. The summed E-state index contributed by atoms with van der Waals surface area (Å²) in [6.07, 6.45) is 0.988. The van der Waals surface area contributed by atoms with Crippen LogP contribution in [0.25, 0.3) is 55.0 Å². The molecule has 0 spiro atoms. The SMILES string of the molecule is c1ccc(-c2ccc3c(c2)-c2cc4ccc5oc6ccccc6c5c4cc2C3)cc1. The van der Waals surface area contributed by atoms with Gasteiger partial charge in [-0.15, -0.1) is 0 Å². The third-order valence-electron chi connectivity index (χ3n) is 6.47. The zero-order valence-electron chi connectivity index (χ0n) is 16.4. The zero-order chi connectivity index (χ0) is 19.7. The number of para-hydroxylation sites is 1. The predicted octanol–water partition coefficient (Wildman–Crippen LogP) is 7.98. The highest BCUT2D eigenvalue weighted by molar-refractivity contribution is 6.19. The smallest absolute Gasteiger partial charge is 0.136 e. The molecule has 0 amide bonds. The molecule has 0 atom stereocenters. The van der Waals surface area contributed by atoms with Gasteiger partial charge in [0.2, 0.25) is 0 Å². The van der Waals surface area contributed by atoms with Crippen LogP contribution in [0.2, 0.25) is 0 Å². The van der Waals surface area contributed by atoms with Gasteiger partial charge in [0.1, 0.15) is 11.2 Å². The van der Waals surface area contributed by atoms with E-state index in [9.17, 15) is 0 Å². The van der Waals surface area contributed by atoms with Gasteiger partial charge in [-0.05, 0) is 80.9 Å². The van der Waals surface area contributed by atoms with Gasteiger partial charge >= 0.3 is 0 Å². The van der Waals surface area contributed by atoms with Gasteiger partial charge < -0.3 is 4.42 Å². The van der Waals surface area contributed by atoms with Crippen LogP contribution in [0.4, 0.5) is 0 Å². The largest absolute Gasteiger partial charge is 0.456 e. The minimum atomic E-state index is 0.955. The van der Waals surface area contributed by atoms with Gasteiger partial charge in [-0.1, -0.05) is 66.7 Å². The average Bonchev–Trinajstić information content (AvgIpc) is 3.35. The molecule has 0 N–H and O–H groups in total. The first kappa shape index (κ1) is 16.0. The summed E-state index contributed by atoms with van der Waals surface area (Å²) in [6, 6.07) is 34.9. The van der Waals surface area contributed by atoms with Crippen LogP contribution >= 0.6 is 0 Å². The molecule has 0 bridgehead atoms. The van der Waals surface area contributed by atoms with Crippen molar-refractivity contribution in [3.8, 4) is 22.3 Å². The van der Waals surface area contributed by atoms with Gasteiger partial charge in [0.25, 0.3) is 0 Å². The van der Waals surface area contributed by atoms with Crippen LogP contribution < -0.4 is 0 Å². The summed E-state index contributed by atoms with van der Waals surface area (Å²) in [6.45, 7) is 0. The number of fused-ring (bicyclic) bond motifs is 8. The molecule has 1 aromatic heterocycles. The number of hydrogen-bond acceptors (Lipinski definition) is 1. The molecule has 1 heteroatoms. The summed E-state index contributed by atoms with van der Waals surface area (Å²) < 4.78 is 6.11. The Hall–Kier alpha value is -3.84. The molecule has 0 unspecified atom stereocenters. The normalized spacial score (nSPS) is 12.5. The Kier molecular flexibility index (Phi) is 3.12. The van der Waals surface area contributed by atoms with Crippen LogP contribution in [-0.4, -0.2) is 0 Å². The summed E-state index contributed by atoms with van der Waals surface area (Å²) in [5.41, 5.74) is 10.0. The van der Waals surface area contributed by atoms with Crippen LogP contribution in [0, 0.1) is 0 Å². The molecule has 30 heavy (non-hydrogen) atoms. The Bertz CT molecular complexity index is 1600. The third-order valence-corrected chi connectivity index (χ3v) is 6.47. The van der Waals surface area contributed by atoms with Gasteiger partial charge in [-0.3, -0.25) is 0 Å². The van der Waals surface area contributed by atoms with E-state index in [1.54, 1.807) is 0 Å². The standard InChI is InChI=1S/C29H18O/c1-2-6-18(7-3-1)19-10-11-20-14-22-17-26-21(16-25(22)24(20)15-19)12-13-28-29(26)23-8-4-5-9-27(23)30-28/h1-13,15-17H,14H2. The topological polar surface area (TPSA) is 13.1 Å². The fourth-order valence-corrected chi connectivity index (χ4v) is 5.03. The molecular weight excluding hydrogens is 364 g/mol. The molecule has 0 radical (unpaired) electrons. The quantitative estimate of drug-likeness (QED) is 0.280. The zero-order valence-corrected chi connectivity index (χ0v) is 16.4. The monoisotopic (exact) mass is 382 g/mol. The molecule has 1 aliphatic carbocycles. The van der Waals surface area contributed by atoms with Crippen molar-refractivity contribution in [2.24, 2.45) is 0 Å². The van der Waals surface area contributed by atoms with E-state index in [-0.39, 0.29) is 0 Å². The summed E-state index contributed by atoms with van der Waals surface area (Å²) in [5.74, 6) is 0. The van der Waals surface area contributed by atoms with E-state index in [0.29, 0.717) is 0 Å². The highest BCUT2D eigenvalue weighted by atomic mass is 16.3. The van der Waals surface area contributed by atoms with Crippen molar-refractivity contribution in [3.05, 3.63) is 108 Å². The minimum absolute atomic E-state index is 0.955. The van der Waals surface area contributed by atoms with E-state index in [1.807, 2.05) is 6.07 Å². The van der Waals surface area contributed by atoms with Crippen molar-refractivity contribution in [2.75, 3.05) is 0 Å². The van der Waals surface area contributed by atoms with E-state index >= 15 is 0 Å². The van der Waals surface area contributed by atoms with E-state index in [4.69, 9.17) is 4.42 Å².